The van der Waals surface area contributed by atoms with Gasteiger partial charge in [-0.25, -0.2) is 0 Å². The van der Waals surface area contributed by atoms with Crippen molar-refractivity contribution in [2.75, 3.05) is 5.32 Å². The first-order chi connectivity index (χ1) is 12.8. The van der Waals surface area contributed by atoms with Gasteiger partial charge >= 0.3 is 5.97 Å². The van der Waals surface area contributed by atoms with E-state index in [-0.39, 0.29) is 18.6 Å². The van der Waals surface area contributed by atoms with Crippen molar-refractivity contribution in [2.45, 2.75) is 52.6 Å². The molecule has 0 aliphatic carbocycles. The van der Waals surface area contributed by atoms with Gasteiger partial charge in [0.2, 0.25) is 0 Å². The van der Waals surface area contributed by atoms with E-state index in [4.69, 9.17) is 4.74 Å². The minimum Gasteiger partial charge on any atom is -0.453 e. The first-order valence-corrected chi connectivity index (χ1v) is 9.78. The maximum Gasteiger partial charge on any atom is 0.307 e. The van der Waals surface area contributed by atoms with Crippen LogP contribution in [-0.2, 0) is 14.3 Å². The zero-order valence-electron chi connectivity index (χ0n) is 16.1. The van der Waals surface area contributed by atoms with Gasteiger partial charge < -0.3 is 10.1 Å². The maximum atomic E-state index is 12.2. The molecular weight excluding hydrogens is 362 g/mol. The minimum atomic E-state index is -0.929. The quantitative estimate of drug-likeness (QED) is 0.526. The summed E-state index contributed by atoms with van der Waals surface area (Å²) in [5.41, 5.74) is 1.83. The van der Waals surface area contributed by atoms with Gasteiger partial charge in [-0.1, -0.05) is 26.0 Å². The highest BCUT2D eigenvalue weighted by molar-refractivity contribution is 7.14. The van der Waals surface area contributed by atoms with E-state index in [9.17, 15) is 14.4 Å². The average molecular weight is 388 g/mol. The van der Waals surface area contributed by atoms with Crippen molar-refractivity contribution in [3.8, 4) is 0 Å². The van der Waals surface area contributed by atoms with E-state index < -0.39 is 18.0 Å². The number of ketones is 1. The predicted octanol–water partition coefficient (Wildman–Crippen LogP) is 4.71. The molecule has 2 rings (SSSR count). The van der Waals surface area contributed by atoms with Crippen LogP contribution in [0.5, 0.6) is 0 Å². The van der Waals surface area contributed by atoms with Crippen molar-refractivity contribution in [2.24, 2.45) is 0 Å². The average Bonchev–Trinajstić information content (AvgIpc) is 3.06. The van der Waals surface area contributed by atoms with Crippen molar-refractivity contribution in [1.82, 2.24) is 0 Å². The summed E-state index contributed by atoms with van der Waals surface area (Å²) in [6.45, 7) is 7.63. The van der Waals surface area contributed by atoms with Crippen molar-refractivity contribution in [3.05, 3.63) is 51.7 Å². The Kier molecular flexibility index (Phi) is 7.30. The third kappa shape index (κ3) is 6.32. The molecule has 0 saturated carbocycles. The number of aryl methyl sites for hydroxylation is 1. The largest absolute Gasteiger partial charge is 0.453 e. The number of anilines is 1. The third-order valence-electron chi connectivity index (χ3n) is 4.09. The standard InChI is InChI=1S/C21H25NO4S/c1-13(2)16-6-8-17(9-7-16)22-21(25)15(4)26-20(24)12-10-18(23)19-11-5-14(3)27-19/h5-9,11,13,15H,10,12H2,1-4H3,(H,22,25)/t15-/m1/s1. The van der Waals surface area contributed by atoms with Crippen LogP contribution in [0.25, 0.3) is 0 Å². The highest BCUT2D eigenvalue weighted by Gasteiger charge is 2.19. The zero-order valence-corrected chi connectivity index (χ0v) is 16.9. The second-order valence-corrected chi connectivity index (χ2v) is 8.02. The van der Waals surface area contributed by atoms with Crippen LogP contribution in [-0.4, -0.2) is 23.8 Å². The van der Waals surface area contributed by atoms with Crippen LogP contribution in [0.1, 0.15) is 59.6 Å². The number of carbonyl (C=O) groups is 3. The highest BCUT2D eigenvalue weighted by Crippen LogP contribution is 2.19. The van der Waals surface area contributed by atoms with Crippen LogP contribution >= 0.6 is 11.3 Å². The Balaban J connectivity index is 1.79. The first-order valence-electron chi connectivity index (χ1n) is 8.96. The Labute approximate surface area is 163 Å². The smallest absolute Gasteiger partial charge is 0.307 e. The van der Waals surface area contributed by atoms with Crippen molar-refractivity contribution in [3.63, 3.8) is 0 Å². The van der Waals surface area contributed by atoms with Gasteiger partial charge in [0, 0.05) is 17.0 Å². The fourth-order valence-electron chi connectivity index (χ4n) is 2.43. The van der Waals surface area contributed by atoms with Gasteiger partial charge in [-0.2, -0.15) is 0 Å². The van der Waals surface area contributed by atoms with Crippen molar-refractivity contribution in [1.29, 1.82) is 0 Å². The zero-order chi connectivity index (χ0) is 20.0. The fourth-order valence-corrected chi connectivity index (χ4v) is 3.26. The van der Waals surface area contributed by atoms with Gasteiger partial charge in [-0.3, -0.25) is 14.4 Å². The molecule has 144 valence electrons. The number of esters is 1. The molecule has 1 aromatic carbocycles. The van der Waals surface area contributed by atoms with Gasteiger partial charge in [0.1, 0.15) is 0 Å². The summed E-state index contributed by atoms with van der Waals surface area (Å²) in [4.78, 5) is 37.8. The lowest BCUT2D eigenvalue weighted by atomic mass is 10.0. The molecule has 6 heteroatoms. The normalized spacial score (nSPS) is 11.9. The number of benzene rings is 1. The summed E-state index contributed by atoms with van der Waals surface area (Å²) in [5, 5.41) is 2.73. The molecule has 0 aliphatic rings. The number of thiophene rings is 1. The second-order valence-electron chi connectivity index (χ2n) is 6.73. The lowest BCUT2D eigenvalue weighted by molar-refractivity contribution is -0.153. The molecule has 5 nitrogen and oxygen atoms in total. The number of Topliss-reactive ketones (excluding diaryl/α,β-unsaturated/α-hetero) is 1. The fraction of sp³-hybridized carbons (Fsp3) is 0.381. The van der Waals surface area contributed by atoms with Crippen LogP contribution < -0.4 is 5.32 Å². The third-order valence-corrected chi connectivity index (χ3v) is 5.14. The van der Waals surface area contributed by atoms with Crippen LogP contribution in [0.3, 0.4) is 0 Å². The molecule has 1 atom stereocenters. The summed E-state index contributed by atoms with van der Waals surface area (Å²) in [6, 6.07) is 11.2. The molecule has 0 saturated heterocycles. The number of carbonyl (C=O) groups excluding carboxylic acids is 3. The van der Waals surface area contributed by atoms with E-state index in [1.807, 2.05) is 37.3 Å². The Morgan fingerprint density at radius 1 is 1.00 bits per heavy atom. The number of amides is 1. The molecule has 1 amide bonds. The van der Waals surface area contributed by atoms with Gasteiger partial charge in [-0.15, -0.1) is 11.3 Å². The summed E-state index contributed by atoms with van der Waals surface area (Å²) in [7, 11) is 0. The van der Waals surface area contributed by atoms with Gasteiger partial charge in [0.05, 0.1) is 11.3 Å². The molecule has 0 bridgehead atoms. The van der Waals surface area contributed by atoms with Crippen LogP contribution in [0.4, 0.5) is 5.69 Å². The predicted molar refractivity (Wildman–Crippen MR) is 107 cm³/mol. The van der Waals surface area contributed by atoms with E-state index in [1.165, 1.54) is 23.8 Å². The van der Waals surface area contributed by atoms with E-state index >= 15 is 0 Å². The topological polar surface area (TPSA) is 72.5 Å². The highest BCUT2D eigenvalue weighted by atomic mass is 32.1. The Bertz CT molecular complexity index is 808. The molecule has 2 aromatic rings. The first kappa shape index (κ1) is 20.8. The molecule has 0 unspecified atom stereocenters. The van der Waals surface area contributed by atoms with E-state index in [0.29, 0.717) is 16.5 Å². The molecule has 1 aromatic heterocycles. The summed E-state index contributed by atoms with van der Waals surface area (Å²) >= 11 is 1.40. The molecule has 1 heterocycles. The molecule has 0 fully saturated rings. The molecule has 0 radical (unpaired) electrons. The lowest BCUT2D eigenvalue weighted by Crippen LogP contribution is -2.30. The Morgan fingerprint density at radius 3 is 2.22 bits per heavy atom. The molecular formula is C21H25NO4S. The van der Waals surface area contributed by atoms with Gasteiger partial charge in [-0.05, 0) is 49.6 Å². The van der Waals surface area contributed by atoms with Gasteiger partial charge in [0.25, 0.3) is 5.91 Å². The Hall–Kier alpha value is -2.47. The molecule has 0 spiro atoms. The summed E-state index contributed by atoms with van der Waals surface area (Å²) < 4.78 is 5.14. The van der Waals surface area contributed by atoms with Crippen LogP contribution in [0, 0.1) is 6.92 Å². The Morgan fingerprint density at radius 2 is 1.67 bits per heavy atom. The summed E-state index contributed by atoms with van der Waals surface area (Å²) in [6.07, 6.45) is -0.901. The minimum absolute atomic E-state index is 0.0452. The van der Waals surface area contributed by atoms with E-state index in [1.54, 1.807) is 6.07 Å². The monoisotopic (exact) mass is 387 g/mol. The molecule has 27 heavy (non-hydrogen) atoms. The SMILES string of the molecule is Cc1ccc(C(=O)CCC(=O)O[C@H](C)C(=O)Nc2ccc(C(C)C)cc2)s1. The van der Waals surface area contributed by atoms with Crippen LogP contribution in [0.15, 0.2) is 36.4 Å². The molecule has 1 N–H and O–H groups in total. The number of nitrogens with one attached hydrogen (secondary N) is 1. The second kappa shape index (κ2) is 9.46. The van der Waals surface area contributed by atoms with Gasteiger partial charge in [0.15, 0.2) is 11.9 Å². The number of rotatable bonds is 8. The maximum absolute atomic E-state index is 12.2. The summed E-state index contributed by atoms with van der Waals surface area (Å²) in [5.74, 6) is -0.641. The van der Waals surface area contributed by atoms with Crippen molar-refractivity contribution >= 4 is 34.7 Å². The molecule has 0 aliphatic heterocycles. The number of ether oxygens (including phenoxy) is 1. The van der Waals surface area contributed by atoms with Crippen LogP contribution in [0.2, 0.25) is 0 Å². The number of hydrogen-bond acceptors (Lipinski definition) is 5. The number of hydrogen-bond donors (Lipinski definition) is 1. The van der Waals surface area contributed by atoms with Crippen molar-refractivity contribution < 1.29 is 19.1 Å². The van der Waals surface area contributed by atoms with E-state index in [0.717, 1.165) is 4.88 Å². The van der Waals surface area contributed by atoms with E-state index in [2.05, 4.69) is 19.2 Å². The lowest BCUT2D eigenvalue weighted by Gasteiger charge is -2.14.